The fraction of sp³-hybridized carbons (Fsp3) is 0.500. The number of anilines is 1. The summed E-state index contributed by atoms with van der Waals surface area (Å²) in [5.74, 6) is 0.0712. The van der Waals surface area contributed by atoms with Crippen LogP contribution in [-0.4, -0.2) is 18.0 Å². The van der Waals surface area contributed by atoms with Crippen LogP contribution in [0.3, 0.4) is 0 Å². The van der Waals surface area contributed by atoms with Crippen molar-refractivity contribution in [3.63, 3.8) is 0 Å². The summed E-state index contributed by atoms with van der Waals surface area (Å²) in [7, 11) is 0. The van der Waals surface area contributed by atoms with Gasteiger partial charge >= 0.3 is 0 Å². The molecule has 0 spiro atoms. The molecule has 1 aromatic carbocycles. The van der Waals surface area contributed by atoms with Crippen molar-refractivity contribution in [2.45, 2.75) is 38.6 Å². The number of halogens is 1. The Kier molecular flexibility index (Phi) is 4.27. The molecule has 1 aliphatic heterocycles. The molecule has 0 aromatic heterocycles. The minimum absolute atomic E-state index is 0.0712. The van der Waals surface area contributed by atoms with Gasteiger partial charge in [-0.05, 0) is 79.9 Å². The van der Waals surface area contributed by atoms with Crippen LogP contribution in [0.5, 0.6) is 0 Å². The Labute approximate surface area is 122 Å². The van der Waals surface area contributed by atoms with Crippen LogP contribution in [0.15, 0.2) is 18.2 Å². The largest absolute Gasteiger partial charge is 0.324 e. The van der Waals surface area contributed by atoms with E-state index < -0.39 is 5.54 Å². The number of piperidine rings is 1. The molecule has 1 unspecified atom stereocenters. The Morgan fingerprint density at radius 3 is 2.83 bits per heavy atom. The van der Waals surface area contributed by atoms with E-state index in [1.54, 1.807) is 0 Å². The van der Waals surface area contributed by atoms with E-state index in [4.69, 9.17) is 0 Å². The highest BCUT2D eigenvalue weighted by molar-refractivity contribution is 14.1. The van der Waals surface area contributed by atoms with Crippen LogP contribution in [0.25, 0.3) is 0 Å². The summed E-state index contributed by atoms with van der Waals surface area (Å²) < 4.78 is 1.17. The van der Waals surface area contributed by atoms with Crippen molar-refractivity contribution < 1.29 is 4.79 Å². The van der Waals surface area contributed by atoms with E-state index in [-0.39, 0.29) is 5.91 Å². The molecule has 0 bridgehead atoms. The minimum atomic E-state index is -0.422. The first-order chi connectivity index (χ1) is 8.51. The molecule has 1 heterocycles. The zero-order valence-electron chi connectivity index (χ0n) is 10.8. The number of amides is 1. The molecule has 1 atom stereocenters. The predicted molar refractivity (Wildman–Crippen MR) is 82.8 cm³/mol. The van der Waals surface area contributed by atoms with Crippen LogP contribution >= 0.6 is 22.6 Å². The van der Waals surface area contributed by atoms with Crippen molar-refractivity contribution >= 4 is 34.2 Å². The first-order valence-electron chi connectivity index (χ1n) is 6.34. The molecule has 0 saturated carbocycles. The molecule has 1 aliphatic rings. The van der Waals surface area contributed by atoms with Crippen molar-refractivity contribution in [2.24, 2.45) is 0 Å². The van der Waals surface area contributed by atoms with Gasteiger partial charge in [0, 0.05) is 9.26 Å². The number of carbonyl (C=O) groups is 1. The molecule has 1 saturated heterocycles. The van der Waals surface area contributed by atoms with Gasteiger partial charge in [-0.25, -0.2) is 0 Å². The Morgan fingerprint density at radius 1 is 1.44 bits per heavy atom. The van der Waals surface area contributed by atoms with Crippen molar-refractivity contribution in [3.05, 3.63) is 27.3 Å². The maximum absolute atomic E-state index is 12.3. The second kappa shape index (κ2) is 5.57. The van der Waals surface area contributed by atoms with E-state index in [0.717, 1.165) is 31.5 Å². The normalized spacial score (nSPS) is 23.7. The Hall–Kier alpha value is -0.620. The fourth-order valence-electron chi connectivity index (χ4n) is 2.19. The quantitative estimate of drug-likeness (QED) is 0.798. The third-order valence-corrected chi connectivity index (χ3v) is 4.71. The van der Waals surface area contributed by atoms with Gasteiger partial charge in [-0.1, -0.05) is 6.07 Å². The summed E-state index contributed by atoms with van der Waals surface area (Å²) in [5, 5.41) is 6.34. The standard InChI is InChI=1S/C14H19IN2O/c1-10-5-6-11(9-12(10)15)17-13(18)14(2)7-3-4-8-16-14/h5-6,9,16H,3-4,7-8H2,1-2H3,(H,17,18). The Morgan fingerprint density at radius 2 is 2.22 bits per heavy atom. The van der Waals surface area contributed by atoms with Gasteiger partial charge in [-0.15, -0.1) is 0 Å². The van der Waals surface area contributed by atoms with Gasteiger partial charge in [-0.3, -0.25) is 4.79 Å². The summed E-state index contributed by atoms with van der Waals surface area (Å²) in [6.07, 6.45) is 3.18. The van der Waals surface area contributed by atoms with Gasteiger partial charge in [0.25, 0.3) is 0 Å². The van der Waals surface area contributed by atoms with E-state index in [1.165, 1.54) is 9.13 Å². The van der Waals surface area contributed by atoms with Crippen LogP contribution in [-0.2, 0) is 4.79 Å². The van der Waals surface area contributed by atoms with Gasteiger partial charge < -0.3 is 10.6 Å². The minimum Gasteiger partial charge on any atom is -0.324 e. The van der Waals surface area contributed by atoms with Crippen LogP contribution in [0.4, 0.5) is 5.69 Å². The number of aryl methyl sites for hydroxylation is 1. The summed E-state index contributed by atoms with van der Waals surface area (Å²) >= 11 is 2.29. The highest BCUT2D eigenvalue weighted by atomic mass is 127. The highest BCUT2D eigenvalue weighted by Crippen LogP contribution is 2.22. The number of benzene rings is 1. The van der Waals surface area contributed by atoms with E-state index >= 15 is 0 Å². The third-order valence-electron chi connectivity index (χ3n) is 3.55. The van der Waals surface area contributed by atoms with E-state index in [0.29, 0.717) is 0 Å². The zero-order chi connectivity index (χ0) is 13.2. The van der Waals surface area contributed by atoms with Crippen molar-refractivity contribution in [1.29, 1.82) is 0 Å². The Bertz CT molecular complexity index is 453. The lowest BCUT2D eigenvalue weighted by Gasteiger charge is -2.33. The molecular formula is C14H19IN2O. The van der Waals surface area contributed by atoms with Crippen LogP contribution in [0.2, 0.25) is 0 Å². The first kappa shape index (κ1) is 13.8. The molecular weight excluding hydrogens is 339 g/mol. The van der Waals surface area contributed by atoms with Crippen LogP contribution in [0.1, 0.15) is 31.7 Å². The number of nitrogens with one attached hydrogen (secondary N) is 2. The number of hydrogen-bond acceptors (Lipinski definition) is 2. The molecule has 1 fully saturated rings. The maximum Gasteiger partial charge on any atom is 0.244 e. The van der Waals surface area contributed by atoms with E-state index in [9.17, 15) is 4.79 Å². The second-order valence-corrected chi connectivity index (χ2v) is 6.30. The summed E-state index contributed by atoms with van der Waals surface area (Å²) in [6.45, 7) is 4.98. The Balaban J connectivity index is 2.08. The fourth-order valence-corrected chi connectivity index (χ4v) is 2.70. The van der Waals surface area contributed by atoms with Crippen LogP contribution < -0.4 is 10.6 Å². The lowest BCUT2D eigenvalue weighted by molar-refractivity contribution is -0.122. The highest BCUT2D eigenvalue weighted by Gasteiger charge is 2.34. The third kappa shape index (κ3) is 3.03. The van der Waals surface area contributed by atoms with Gasteiger partial charge in [0.2, 0.25) is 5.91 Å². The van der Waals surface area contributed by atoms with E-state index in [1.807, 2.05) is 25.1 Å². The summed E-state index contributed by atoms with van der Waals surface area (Å²) in [4.78, 5) is 12.3. The number of carbonyl (C=O) groups excluding carboxylic acids is 1. The molecule has 4 heteroatoms. The number of hydrogen-bond donors (Lipinski definition) is 2. The lowest BCUT2D eigenvalue weighted by Crippen LogP contribution is -2.54. The molecule has 2 rings (SSSR count). The lowest BCUT2D eigenvalue weighted by atomic mass is 9.90. The first-order valence-corrected chi connectivity index (χ1v) is 7.42. The van der Waals surface area contributed by atoms with Gasteiger partial charge in [-0.2, -0.15) is 0 Å². The SMILES string of the molecule is Cc1ccc(NC(=O)C2(C)CCCCN2)cc1I. The topological polar surface area (TPSA) is 41.1 Å². The van der Waals surface area contributed by atoms with Crippen molar-refractivity contribution in [2.75, 3.05) is 11.9 Å². The number of rotatable bonds is 2. The molecule has 98 valence electrons. The van der Waals surface area contributed by atoms with Crippen LogP contribution in [0, 0.1) is 10.5 Å². The van der Waals surface area contributed by atoms with Gasteiger partial charge in [0.15, 0.2) is 0 Å². The summed E-state index contributed by atoms with van der Waals surface area (Å²) in [5.41, 5.74) is 1.69. The van der Waals surface area contributed by atoms with Crippen molar-refractivity contribution in [1.82, 2.24) is 5.32 Å². The molecule has 1 amide bonds. The summed E-state index contributed by atoms with van der Waals surface area (Å²) in [6, 6.07) is 6.01. The molecule has 18 heavy (non-hydrogen) atoms. The molecule has 2 N–H and O–H groups in total. The zero-order valence-corrected chi connectivity index (χ0v) is 13.0. The van der Waals surface area contributed by atoms with E-state index in [2.05, 4.69) is 40.1 Å². The van der Waals surface area contributed by atoms with Gasteiger partial charge in [0.05, 0.1) is 5.54 Å². The second-order valence-electron chi connectivity index (χ2n) is 5.13. The van der Waals surface area contributed by atoms with Crippen molar-refractivity contribution in [3.8, 4) is 0 Å². The molecule has 3 nitrogen and oxygen atoms in total. The van der Waals surface area contributed by atoms with Gasteiger partial charge in [0.1, 0.15) is 0 Å². The average molecular weight is 358 g/mol. The molecule has 0 aliphatic carbocycles. The smallest absolute Gasteiger partial charge is 0.244 e. The molecule has 1 aromatic rings. The maximum atomic E-state index is 12.3. The average Bonchev–Trinajstić information content (AvgIpc) is 2.35. The monoisotopic (exact) mass is 358 g/mol. The predicted octanol–water partition coefficient (Wildman–Crippen LogP) is 3.07. The molecule has 0 radical (unpaired) electrons.